The van der Waals surface area contributed by atoms with E-state index in [4.69, 9.17) is 0 Å². The van der Waals surface area contributed by atoms with Crippen LogP contribution in [0, 0.1) is 0 Å². The number of piperidine rings is 1. The van der Waals surface area contributed by atoms with Crippen molar-refractivity contribution in [3.63, 3.8) is 0 Å². The Morgan fingerprint density at radius 3 is 2.46 bits per heavy atom. The Morgan fingerprint density at radius 1 is 1.21 bits per heavy atom. The van der Waals surface area contributed by atoms with Crippen LogP contribution in [0.25, 0.3) is 0 Å². The van der Waals surface area contributed by atoms with Crippen LogP contribution >= 0.6 is 0 Å². The lowest BCUT2D eigenvalue weighted by Gasteiger charge is -2.37. The zero-order chi connectivity index (χ0) is 20.5. The molecule has 0 radical (unpaired) electrons. The molecular formula is C18H21F3N4O3. The van der Waals surface area contributed by atoms with E-state index in [-0.39, 0.29) is 37.5 Å². The third kappa shape index (κ3) is 3.63. The first-order valence-corrected chi connectivity index (χ1v) is 9.04. The summed E-state index contributed by atoms with van der Waals surface area (Å²) >= 11 is 0. The van der Waals surface area contributed by atoms with Crippen LogP contribution in [-0.2, 0) is 11.0 Å². The summed E-state index contributed by atoms with van der Waals surface area (Å²) in [6, 6.07) is 3.63. The van der Waals surface area contributed by atoms with Crippen LogP contribution in [-0.4, -0.2) is 52.9 Å². The second-order valence-electron chi connectivity index (χ2n) is 6.93. The van der Waals surface area contributed by atoms with E-state index in [1.165, 1.54) is 28.0 Å². The van der Waals surface area contributed by atoms with Gasteiger partial charge in [-0.25, -0.2) is 9.59 Å². The summed E-state index contributed by atoms with van der Waals surface area (Å²) in [7, 11) is 0. The standard InChI is InChI=1S/C18H21F3N4O3/c1-2-9-25-14(26)17(23-16(25)28)7-10-24(11-8-17)15(27)22-13-6-4-3-5-12(13)18(19,20)21/h3-6H,2,7-11H2,1H3,(H,22,27)(H,23,28). The third-order valence-electron chi connectivity index (χ3n) is 5.07. The van der Waals surface area contributed by atoms with Crippen molar-refractivity contribution in [3.8, 4) is 0 Å². The highest BCUT2D eigenvalue weighted by atomic mass is 19.4. The molecule has 7 nitrogen and oxygen atoms in total. The van der Waals surface area contributed by atoms with Gasteiger partial charge >= 0.3 is 18.2 Å². The molecule has 10 heteroatoms. The zero-order valence-corrected chi connectivity index (χ0v) is 15.3. The summed E-state index contributed by atoms with van der Waals surface area (Å²) in [6.45, 7) is 2.47. The van der Waals surface area contributed by atoms with Crippen molar-refractivity contribution in [2.24, 2.45) is 0 Å². The van der Waals surface area contributed by atoms with Gasteiger partial charge in [0.15, 0.2) is 0 Å². The molecule has 5 amide bonds. The minimum Gasteiger partial charge on any atom is -0.324 e. The maximum atomic E-state index is 13.1. The van der Waals surface area contributed by atoms with Crippen molar-refractivity contribution in [2.45, 2.75) is 37.9 Å². The number of benzene rings is 1. The van der Waals surface area contributed by atoms with Gasteiger partial charge in [0.2, 0.25) is 0 Å². The molecule has 0 aromatic heterocycles. The van der Waals surface area contributed by atoms with Crippen LogP contribution in [0.5, 0.6) is 0 Å². The van der Waals surface area contributed by atoms with E-state index < -0.39 is 29.3 Å². The number of carbonyl (C=O) groups is 3. The van der Waals surface area contributed by atoms with Crippen molar-refractivity contribution in [3.05, 3.63) is 29.8 Å². The predicted octanol–water partition coefficient (Wildman–Crippen LogP) is 3.03. The van der Waals surface area contributed by atoms with Gasteiger partial charge in [0.1, 0.15) is 5.54 Å². The molecule has 1 aromatic carbocycles. The van der Waals surface area contributed by atoms with E-state index in [0.29, 0.717) is 13.0 Å². The quantitative estimate of drug-likeness (QED) is 0.768. The molecule has 0 bridgehead atoms. The first kappa shape index (κ1) is 20.0. The lowest BCUT2D eigenvalue weighted by Crippen LogP contribution is -2.56. The molecule has 0 atom stereocenters. The molecule has 0 saturated carbocycles. The molecule has 2 saturated heterocycles. The molecule has 2 fully saturated rings. The summed E-state index contributed by atoms with van der Waals surface area (Å²) in [6.07, 6.45) is -3.51. The van der Waals surface area contributed by atoms with Gasteiger partial charge in [0.25, 0.3) is 5.91 Å². The Balaban J connectivity index is 1.66. The third-order valence-corrected chi connectivity index (χ3v) is 5.07. The molecule has 2 aliphatic heterocycles. The second-order valence-corrected chi connectivity index (χ2v) is 6.93. The number of anilines is 1. The summed E-state index contributed by atoms with van der Waals surface area (Å²) in [4.78, 5) is 39.6. The van der Waals surface area contributed by atoms with Crippen LogP contribution in [0.4, 0.5) is 28.4 Å². The minimum absolute atomic E-state index is 0.145. The Hall–Kier alpha value is -2.78. The molecule has 1 aromatic rings. The number of urea groups is 2. The summed E-state index contributed by atoms with van der Waals surface area (Å²) in [5.74, 6) is -0.304. The van der Waals surface area contributed by atoms with Gasteiger partial charge in [0, 0.05) is 19.6 Å². The van der Waals surface area contributed by atoms with Crippen molar-refractivity contribution >= 4 is 23.7 Å². The van der Waals surface area contributed by atoms with E-state index in [2.05, 4.69) is 10.6 Å². The van der Waals surface area contributed by atoms with Crippen molar-refractivity contribution in [1.82, 2.24) is 15.1 Å². The maximum Gasteiger partial charge on any atom is 0.418 e. The molecule has 2 N–H and O–H groups in total. The van der Waals surface area contributed by atoms with E-state index >= 15 is 0 Å². The Bertz CT molecular complexity index is 789. The second kappa shape index (κ2) is 7.33. The number of hydrogen-bond donors (Lipinski definition) is 2. The number of halogens is 3. The normalized spacial score (nSPS) is 19.1. The van der Waals surface area contributed by atoms with Crippen LogP contribution in [0.15, 0.2) is 24.3 Å². The first-order chi connectivity index (χ1) is 13.2. The number of alkyl halides is 3. The predicted molar refractivity (Wildman–Crippen MR) is 94.5 cm³/mol. The lowest BCUT2D eigenvalue weighted by atomic mass is 9.87. The fourth-order valence-corrected chi connectivity index (χ4v) is 3.57. The molecule has 0 aliphatic carbocycles. The monoisotopic (exact) mass is 398 g/mol. The smallest absolute Gasteiger partial charge is 0.324 e. The zero-order valence-electron chi connectivity index (χ0n) is 15.3. The topological polar surface area (TPSA) is 81.8 Å². The molecule has 152 valence electrons. The fraction of sp³-hybridized carbons (Fsp3) is 0.500. The van der Waals surface area contributed by atoms with Crippen LogP contribution in [0.1, 0.15) is 31.7 Å². The number of rotatable bonds is 3. The maximum absolute atomic E-state index is 13.1. The highest BCUT2D eigenvalue weighted by Crippen LogP contribution is 2.35. The largest absolute Gasteiger partial charge is 0.418 e. The molecule has 1 spiro atoms. The summed E-state index contributed by atoms with van der Waals surface area (Å²) in [5.41, 5.74) is -2.28. The Labute approximate surface area is 159 Å². The van der Waals surface area contributed by atoms with E-state index in [9.17, 15) is 27.6 Å². The Kier molecular flexibility index (Phi) is 5.22. The molecule has 28 heavy (non-hydrogen) atoms. The number of hydrogen-bond acceptors (Lipinski definition) is 3. The van der Waals surface area contributed by atoms with Gasteiger partial charge in [-0.15, -0.1) is 0 Å². The van der Waals surface area contributed by atoms with Gasteiger partial charge in [-0.3, -0.25) is 9.69 Å². The van der Waals surface area contributed by atoms with Crippen LogP contribution in [0.3, 0.4) is 0 Å². The van der Waals surface area contributed by atoms with Crippen molar-refractivity contribution in [1.29, 1.82) is 0 Å². The van der Waals surface area contributed by atoms with Gasteiger partial charge in [-0.1, -0.05) is 19.1 Å². The highest BCUT2D eigenvalue weighted by Gasteiger charge is 2.52. The Morgan fingerprint density at radius 2 is 1.86 bits per heavy atom. The number of para-hydroxylation sites is 1. The number of imide groups is 1. The van der Waals surface area contributed by atoms with Gasteiger partial charge in [0.05, 0.1) is 11.3 Å². The van der Waals surface area contributed by atoms with Crippen molar-refractivity contribution in [2.75, 3.05) is 25.0 Å². The van der Waals surface area contributed by atoms with Gasteiger partial charge < -0.3 is 15.5 Å². The molecule has 2 heterocycles. The van der Waals surface area contributed by atoms with Gasteiger partial charge in [-0.2, -0.15) is 13.2 Å². The van der Waals surface area contributed by atoms with E-state index in [1.54, 1.807) is 0 Å². The SMILES string of the molecule is CCCN1C(=O)NC2(CCN(C(=O)Nc3ccccc3C(F)(F)F)CC2)C1=O. The molecule has 3 rings (SSSR count). The number of likely N-dealkylation sites (tertiary alicyclic amines) is 1. The summed E-state index contributed by atoms with van der Waals surface area (Å²) < 4.78 is 39.2. The average molecular weight is 398 g/mol. The van der Waals surface area contributed by atoms with Crippen LogP contribution in [0.2, 0.25) is 0 Å². The lowest BCUT2D eigenvalue weighted by molar-refractivity contribution is -0.137. The number of nitrogens with zero attached hydrogens (tertiary/aromatic N) is 2. The van der Waals surface area contributed by atoms with E-state index in [1.807, 2.05) is 6.92 Å². The average Bonchev–Trinajstić information content (AvgIpc) is 2.86. The summed E-state index contributed by atoms with van der Waals surface area (Å²) in [5, 5.41) is 5.02. The van der Waals surface area contributed by atoms with E-state index in [0.717, 1.165) is 6.07 Å². The fourth-order valence-electron chi connectivity index (χ4n) is 3.57. The molecule has 0 unspecified atom stereocenters. The molecule has 2 aliphatic rings. The minimum atomic E-state index is -4.58. The van der Waals surface area contributed by atoms with Crippen molar-refractivity contribution < 1.29 is 27.6 Å². The highest BCUT2D eigenvalue weighted by molar-refractivity contribution is 6.07. The number of amides is 5. The van der Waals surface area contributed by atoms with Gasteiger partial charge in [-0.05, 0) is 31.4 Å². The first-order valence-electron chi connectivity index (χ1n) is 9.04. The van der Waals surface area contributed by atoms with Crippen LogP contribution < -0.4 is 10.6 Å². The number of carbonyl (C=O) groups excluding carboxylic acids is 3. The number of nitrogens with one attached hydrogen (secondary N) is 2. The molecular weight excluding hydrogens is 377 g/mol.